The first kappa shape index (κ1) is 16.2. The number of alkyl halides is 3. The van der Waals surface area contributed by atoms with Gasteiger partial charge < -0.3 is 10.4 Å². The van der Waals surface area contributed by atoms with Crippen molar-refractivity contribution in [1.29, 1.82) is 0 Å². The molecule has 1 aliphatic carbocycles. The zero-order valence-corrected chi connectivity index (χ0v) is 11.3. The minimum Gasteiger partial charge on any atom is -0.388 e. The minimum atomic E-state index is -4.74. The molecule has 9 heteroatoms. The van der Waals surface area contributed by atoms with Crippen molar-refractivity contribution in [2.45, 2.75) is 31.0 Å². The van der Waals surface area contributed by atoms with Crippen LogP contribution in [0.2, 0.25) is 0 Å². The molecule has 1 fully saturated rings. The third-order valence-corrected chi connectivity index (χ3v) is 3.63. The maximum atomic E-state index is 12.6. The normalized spacial score (nSPS) is 16.7. The average Bonchev–Trinajstić information content (AvgIpc) is 2.41. The average molecular weight is 318 g/mol. The highest BCUT2D eigenvalue weighted by molar-refractivity contribution is 5.98. The van der Waals surface area contributed by atoms with E-state index in [1.807, 2.05) is 0 Å². The summed E-state index contributed by atoms with van der Waals surface area (Å²) >= 11 is 0. The standard InChI is InChI=1S/C13H13F3N2O4/c14-13(15,16)8-2-3-9(10(6-8)18(21)22)11(19)17-7-12(20)4-1-5-12/h2-3,6,20H,1,4-5,7H2,(H,17,19). The van der Waals surface area contributed by atoms with Gasteiger partial charge in [-0.2, -0.15) is 13.2 Å². The monoisotopic (exact) mass is 318 g/mol. The number of carbonyl (C=O) groups is 1. The second-order valence-electron chi connectivity index (χ2n) is 5.25. The van der Waals surface area contributed by atoms with E-state index >= 15 is 0 Å². The van der Waals surface area contributed by atoms with E-state index in [1.54, 1.807) is 0 Å². The molecule has 1 saturated carbocycles. The molecular formula is C13H13F3N2O4. The lowest BCUT2D eigenvalue weighted by atomic mass is 9.80. The van der Waals surface area contributed by atoms with Crippen molar-refractivity contribution >= 4 is 11.6 Å². The Labute approximate surface area is 123 Å². The van der Waals surface area contributed by atoms with Crippen LogP contribution in [0.15, 0.2) is 18.2 Å². The Morgan fingerprint density at radius 3 is 2.50 bits per heavy atom. The van der Waals surface area contributed by atoms with Crippen molar-refractivity contribution in [3.8, 4) is 0 Å². The number of nitro benzene ring substituents is 1. The molecule has 1 aromatic rings. The summed E-state index contributed by atoms with van der Waals surface area (Å²) in [5, 5.41) is 23.0. The largest absolute Gasteiger partial charge is 0.416 e. The van der Waals surface area contributed by atoms with E-state index in [4.69, 9.17) is 0 Å². The zero-order valence-electron chi connectivity index (χ0n) is 11.3. The van der Waals surface area contributed by atoms with Crippen LogP contribution in [0, 0.1) is 10.1 Å². The number of aliphatic hydroxyl groups is 1. The Balaban J connectivity index is 2.22. The molecule has 0 bridgehead atoms. The van der Waals surface area contributed by atoms with Crippen LogP contribution < -0.4 is 5.32 Å². The summed E-state index contributed by atoms with van der Waals surface area (Å²) in [7, 11) is 0. The van der Waals surface area contributed by atoms with Crippen molar-refractivity contribution in [3.05, 3.63) is 39.4 Å². The topological polar surface area (TPSA) is 92.5 Å². The van der Waals surface area contributed by atoms with E-state index in [2.05, 4.69) is 5.32 Å². The molecule has 6 nitrogen and oxygen atoms in total. The zero-order chi connectivity index (χ0) is 16.5. The van der Waals surface area contributed by atoms with Crippen molar-refractivity contribution in [1.82, 2.24) is 5.32 Å². The molecule has 0 aliphatic heterocycles. The van der Waals surface area contributed by atoms with Gasteiger partial charge in [-0.3, -0.25) is 14.9 Å². The van der Waals surface area contributed by atoms with Crippen LogP contribution in [0.5, 0.6) is 0 Å². The lowest BCUT2D eigenvalue weighted by Crippen LogP contribution is -2.47. The van der Waals surface area contributed by atoms with E-state index in [0.29, 0.717) is 25.0 Å². The van der Waals surface area contributed by atoms with Gasteiger partial charge in [0.2, 0.25) is 0 Å². The van der Waals surface area contributed by atoms with Gasteiger partial charge in [-0.25, -0.2) is 0 Å². The van der Waals surface area contributed by atoms with Gasteiger partial charge >= 0.3 is 6.18 Å². The first-order chi connectivity index (χ1) is 10.1. The molecule has 2 rings (SSSR count). The number of hydrogen-bond acceptors (Lipinski definition) is 4. The van der Waals surface area contributed by atoms with Crippen molar-refractivity contribution in [2.75, 3.05) is 6.54 Å². The summed E-state index contributed by atoms with van der Waals surface area (Å²) in [6.45, 7) is -0.0932. The Morgan fingerprint density at radius 1 is 1.41 bits per heavy atom. The number of rotatable bonds is 4. The number of hydrogen-bond donors (Lipinski definition) is 2. The van der Waals surface area contributed by atoms with Crippen LogP contribution in [0.1, 0.15) is 35.2 Å². The highest BCUT2D eigenvalue weighted by Gasteiger charge is 2.36. The first-order valence-electron chi connectivity index (χ1n) is 6.49. The molecule has 2 N–H and O–H groups in total. The highest BCUT2D eigenvalue weighted by Crippen LogP contribution is 2.33. The molecule has 0 atom stereocenters. The van der Waals surface area contributed by atoms with Gasteiger partial charge in [-0.1, -0.05) is 0 Å². The Kier molecular flexibility index (Phi) is 4.10. The molecule has 0 spiro atoms. The minimum absolute atomic E-state index is 0.0932. The van der Waals surface area contributed by atoms with Gasteiger partial charge in [0.25, 0.3) is 11.6 Å². The molecule has 1 aliphatic rings. The SMILES string of the molecule is O=C(NCC1(O)CCC1)c1ccc(C(F)(F)F)cc1[N+](=O)[O-]. The van der Waals surface area contributed by atoms with E-state index in [1.165, 1.54) is 0 Å². The summed E-state index contributed by atoms with van der Waals surface area (Å²) < 4.78 is 37.7. The fourth-order valence-corrected chi connectivity index (χ4v) is 2.15. The Bertz CT molecular complexity index is 612. The number of nitrogens with zero attached hydrogens (tertiary/aromatic N) is 1. The van der Waals surface area contributed by atoms with Gasteiger partial charge in [0, 0.05) is 12.6 Å². The summed E-state index contributed by atoms with van der Waals surface area (Å²) in [6.07, 6.45) is -2.92. The van der Waals surface area contributed by atoms with E-state index in [-0.39, 0.29) is 6.54 Å². The Morgan fingerprint density at radius 2 is 2.05 bits per heavy atom. The third-order valence-electron chi connectivity index (χ3n) is 3.63. The molecule has 120 valence electrons. The number of halogens is 3. The predicted molar refractivity (Wildman–Crippen MR) is 69.2 cm³/mol. The van der Waals surface area contributed by atoms with Gasteiger partial charge in [0.1, 0.15) is 5.56 Å². The van der Waals surface area contributed by atoms with Crippen LogP contribution >= 0.6 is 0 Å². The molecule has 0 aromatic heterocycles. The third kappa shape index (κ3) is 3.35. The summed E-state index contributed by atoms with van der Waals surface area (Å²) in [4.78, 5) is 21.8. The molecule has 1 amide bonds. The van der Waals surface area contributed by atoms with Gasteiger partial charge in [-0.15, -0.1) is 0 Å². The van der Waals surface area contributed by atoms with Crippen LogP contribution in [0.3, 0.4) is 0 Å². The Hall–Kier alpha value is -2.16. The van der Waals surface area contributed by atoms with Crippen molar-refractivity contribution in [2.24, 2.45) is 0 Å². The maximum absolute atomic E-state index is 12.6. The molecule has 0 heterocycles. The molecule has 0 unspecified atom stereocenters. The first-order valence-corrected chi connectivity index (χ1v) is 6.49. The number of amides is 1. The lowest BCUT2D eigenvalue weighted by Gasteiger charge is -2.36. The highest BCUT2D eigenvalue weighted by atomic mass is 19.4. The van der Waals surface area contributed by atoms with Crippen LogP contribution in [0.25, 0.3) is 0 Å². The molecule has 22 heavy (non-hydrogen) atoms. The fraction of sp³-hybridized carbons (Fsp3) is 0.462. The predicted octanol–water partition coefficient (Wildman–Crippen LogP) is 2.26. The molecule has 0 radical (unpaired) electrons. The van der Waals surface area contributed by atoms with E-state index < -0.39 is 39.4 Å². The second kappa shape index (κ2) is 5.56. The van der Waals surface area contributed by atoms with Crippen LogP contribution in [0.4, 0.5) is 18.9 Å². The van der Waals surface area contributed by atoms with Gasteiger partial charge in [0.15, 0.2) is 0 Å². The quantitative estimate of drug-likeness (QED) is 0.658. The summed E-state index contributed by atoms with van der Waals surface area (Å²) in [5.74, 6) is -0.888. The van der Waals surface area contributed by atoms with Crippen LogP contribution in [-0.4, -0.2) is 28.1 Å². The van der Waals surface area contributed by atoms with Crippen molar-refractivity contribution < 1.29 is 28.0 Å². The second-order valence-corrected chi connectivity index (χ2v) is 5.25. The lowest BCUT2D eigenvalue weighted by molar-refractivity contribution is -0.385. The maximum Gasteiger partial charge on any atom is 0.416 e. The van der Waals surface area contributed by atoms with Crippen LogP contribution in [-0.2, 0) is 6.18 Å². The summed E-state index contributed by atoms with van der Waals surface area (Å²) in [5.41, 5.74) is -3.63. The van der Waals surface area contributed by atoms with E-state index in [9.17, 15) is 33.2 Å². The van der Waals surface area contributed by atoms with Gasteiger partial charge in [0.05, 0.1) is 16.1 Å². The van der Waals surface area contributed by atoms with E-state index in [0.717, 1.165) is 12.5 Å². The van der Waals surface area contributed by atoms with Gasteiger partial charge in [-0.05, 0) is 31.4 Å². The molecular weight excluding hydrogens is 305 g/mol. The molecule has 1 aromatic carbocycles. The number of carbonyl (C=O) groups excluding carboxylic acids is 1. The fourth-order valence-electron chi connectivity index (χ4n) is 2.15. The number of nitrogens with one attached hydrogen (secondary N) is 1. The molecule has 0 saturated heterocycles. The van der Waals surface area contributed by atoms with Crippen molar-refractivity contribution in [3.63, 3.8) is 0 Å². The summed E-state index contributed by atoms with van der Waals surface area (Å²) in [6, 6.07) is 1.70. The number of benzene rings is 1. The number of nitro groups is 1. The smallest absolute Gasteiger partial charge is 0.388 e.